The number of carboxylic acids is 1. The minimum atomic E-state index is -1.08. The number of carboxylic acid groups (broad SMARTS) is 1. The quantitative estimate of drug-likeness (QED) is 0.822. The molecule has 0 aromatic carbocycles. The summed E-state index contributed by atoms with van der Waals surface area (Å²) in [5.74, 6) is -1.50. The van der Waals surface area contributed by atoms with Crippen LogP contribution in [0.2, 0.25) is 5.02 Å². The van der Waals surface area contributed by atoms with E-state index in [-0.39, 0.29) is 0 Å². The molecule has 88 valence electrons. The lowest BCUT2D eigenvalue weighted by atomic mass is 10.3. The summed E-state index contributed by atoms with van der Waals surface area (Å²) in [7, 11) is 0. The fourth-order valence-corrected chi connectivity index (χ4v) is 1.56. The van der Waals surface area contributed by atoms with Crippen molar-refractivity contribution >= 4 is 23.5 Å². The number of carbonyl (C=O) groups excluding carboxylic acids is 1. The minimum absolute atomic E-state index is 0.383. The summed E-state index contributed by atoms with van der Waals surface area (Å²) in [6.07, 6.45) is 2.52. The fraction of sp³-hybridized carbons (Fsp3) is 0.400. The Bertz CT molecular complexity index is 401. The number of carbonyl (C=O) groups is 2. The van der Waals surface area contributed by atoms with Crippen LogP contribution in [-0.4, -0.2) is 28.1 Å². The summed E-state index contributed by atoms with van der Waals surface area (Å²) in [4.78, 5) is 21.9. The lowest BCUT2D eigenvalue weighted by Crippen LogP contribution is -2.30. The number of nitrogens with zero attached hydrogens (tertiary/aromatic N) is 1. The highest BCUT2D eigenvalue weighted by atomic mass is 35.5. The van der Waals surface area contributed by atoms with Crippen LogP contribution in [0.25, 0.3) is 0 Å². The van der Waals surface area contributed by atoms with E-state index in [0.29, 0.717) is 17.3 Å². The standard InChI is InChI=1S/C10H13ClN2O3/c1-2-3-13-6-7(11)4-8(13)10(16)12-5-9(14)15/h4,6H,2-3,5H2,1H3,(H,12,16)(H,14,15). The summed E-state index contributed by atoms with van der Waals surface area (Å²) >= 11 is 5.79. The maximum atomic E-state index is 11.6. The Morgan fingerprint density at radius 3 is 2.81 bits per heavy atom. The van der Waals surface area contributed by atoms with Crippen molar-refractivity contribution in [1.82, 2.24) is 9.88 Å². The highest BCUT2D eigenvalue weighted by Crippen LogP contribution is 2.14. The van der Waals surface area contributed by atoms with E-state index in [0.717, 1.165) is 6.42 Å². The van der Waals surface area contributed by atoms with Gasteiger partial charge in [0.25, 0.3) is 5.91 Å². The number of rotatable bonds is 5. The zero-order valence-corrected chi connectivity index (χ0v) is 9.62. The number of aliphatic carboxylic acids is 1. The number of aromatic nitrogens is 1. The number of aryl methyl sites for hydroxylation is 1. The molecule has 1 aromatic rings. The van der Waals surface area contributed by atoms with Crippen LogP contribution in [0.3, 0.4) is 0 Å². The summed E-state index contributed by atoms with van der Waals surface area (Å²) in [6.45, 7) is 2.25. The second-order valence-corrected chi connectivity index (χ2v) is 3.75. The zero-order chi connectivity index (χ0) is 12.1. The van der Waals surface area contributed by atoms with Crippen molar-refractivity contribution < 1.29 is 14.7 Å². The Hall–Kier alpha value is -1.49. The van der Waals surface area contributed by atoms with Crippen molar-refractivity contribution in [3.05, 3.63) is 23.0 Å². The van der Waals surface area contributed by atoms with E-state index < -0.39 is 18.4 Å². The molecular formula is C10H13ClN2O3. The molecule has 16 heavy (non-hydrogen) atoms. The largest absolute Gasteiger partial charge is 0.480 e. The van der Waals surface area contributed by atoms with Crippen LogP contribution in [0.15, 0.2) is 12.3 Å². The van der Waals surface area contributed by atoms with Gasteiger partial charge in [0.1, 0.15) is 12.2 Å². The van der Waals surface area contributed by atoms with Crippen LogP contribution in [0.1, 0.15) is 23.8 Å². The van der Waals surface area contributed by atoms with Gasteiger partial charge in [-0.3, -0.25) is 9.59 Å². The molecule has 1 rings (SSSR count). The number of hydrogen-bond acceptors (Lipinski definition) is 2. The first kappa shape index (κ1) is 12.6. The van der Waals surface area contributed by atoms with E-state index in [9.17, 15) is 9.59 Å². The third kappa shape index (κ3) is 3.27. The summed E-state index contributed by atoms with van der Waals surface area (Å²) in [6, 6.07) is 1.52. The lowest BCUT2D eigenvalue weighted by molar-refractivity contribution is -0.135. The van der Waals surface area contributed by atoms with Crippen LogP contribution in [-0.2, 0) is 11.3 Å². The van der Waals surface area contributed by atoms with Gasteiger partial charge in [-0.25, -0.2) is 0 Å². The molecule has 0 aliphatic carbocycles. The van der Waals surface area contributed by atoms with Gasteiger partial charge in [0.15, 0.2) is 0 Å². The van der Waals surface area contributed by atoms with Gasteiger partial charge in [0.2, 0.25) is 0 Å². The Morgan fingerprint density at radius 2 is 2.25 bits per heavy atom. The molecule has 6 heteroatoms. The average Bonchev–Trinajstić information content (AvgIpc) is 2.56. The predicted octanol–water partition coefficient (Wildman–Crippen LogP) is 1.37. The fourth-order valence-electron chi connectivity index (χ4n) is 1.34. The molecule has 0 aliphatic heterocycles. The molecule has 1 heterocycles. The van der Waals surface area contributed by atoms with Crippen LogP contribution in [0.5, 0.6) is 0 Å². The molecule has 5 nitrogen and oxygen atoms in total. The van der Waals surface area contributed by atoms with Crippen molar-refractivity contribution in [3.8, 4) is 0 Å². The first-order valence-corrected chi connectivity index (χ1v) is 5.28. The summed E-state index contributed by atoms with van der Waals surface area (Å²) in [5.41, 5.74) is 0.383. The number of nitrogens with one attached hydrogen (secondary N) is 1. The third-order valence-electron chi connectivity index (χ3n) is 1.96. The van der Waals surface area contributed by atoms with Crippen LogP contribution in [0, 0.1) is 0 Å². The molecule has 2 N–H and O–H groups in total. The second-order valence-electron chi connectivity index (χ2n) is 3.31. The Balaban J connectivity index is 2.77. The molecular weight excluding hydrogens is 232 g/mol. The molecule has 0 bridgehead atoms. The predicted molar refractivity (Wildman–Crippen MR) is 59.7 cm³/mol. The number of amides is 1. The van der Waals surface area contributed by atoms with E-state index in [4.69, 9.17) is 16.7 Å². The molecule has 1 amide bonds. The highest BCUT2D eigenvalue weighted by Gasteiger charge is 2.13. The van der Waals surface area contributed by atoms with Crippen LogP contribution >= 0.6 is 11.6 Å². The van der Waals surface area contributed by atoms with Crippen molar-refractivity contribution in [2.75, 3.05) is 6.54 Å². The zero-order valence-electron chi connectivity index (χ0n) is 8.86. The topological polar surface area (TPSA) is 71.3 Å². The smallest absolute Gasteiger partial charge is 0.322 e. The minimum Gasteiger partial charge on any atom is -0.480 e. The van der Waals surface area contributed by atoms with Crippen molar-refractivity contribution in [1.29, 1.82) is 0 Å². The van der Waals surface area contributed by atoms with E-state index in [2.05, 4.69) is 5.32 Å². The molecule has 0 aliphatic rings. The van der Waals surface area contributed by atoms with E-state index in [1.165, 1.54) is 6.07 Å². The van der Waals surface area contributed by atoms with Gasteiger partial charge < -0.3 is 15.0 Å². The molecule has 0 atom stereocenters. The van der Waals surface area contributed by atoms with Gasteiger partial charge in [-0.2, -0.15) is 0 Å². The number of hydrogen-bond donors (Lipinski definition) is 2. The van der Waals surface area contributed by atoms with Crippen LogP contribution in [0.4, 0.5) is 0 Å². The molecule has 0 fully saturated rings. The third-order valence-corrected chi connectivity index (χ3v) is 2.17. The van der Waals surface area contributed by atoms with E-state index in [1.54, 1.807) is 10.8 Å². The van der Waals surface area contributed by atoms with Gasteiger partial charge >= 0.3 is 5.97 Å². The SMILES string of the molecule is CCCn1cc(Cl)cc1C(=O)NCC(=O)O. The average molecular weight is 245 g/mol. The van der Waals surface area contributed by atoms with E-state index in [1.807, 2.05) is 6.92 Å². The molecule has 0 unspecified atom stereocenters. The monoisotopic (exact) mass is 244 g/mol. The van der Waals surface area contributed by atoms with Gasteiger partial charge in [-0.1, -0.05) is 18.5 Å². The number of halogens is 1. The maximum Gasteiger partial charge on any atom is 0.322 e. The summed E-state index contributed by atoms with van der Waals surface area (Å²) in [5, 5.41) is 11.2. The first-order chi connectivity index (χ1) is 7.54. The van der Waals surface area contributed by atoms with Gasteiger partial charge in [-0.05, 0) is 12.5 Å². The van der Waals surface area contributed by atoms with Crippen molar-refractivity contribution in [3.63, 3.8) is 0 Å². The Labute approximate surface area is 98.0 Å². The van der Waals surface area contributed by atoms with Crippen molar-refractivity contribution in [2.45, 2.75) is 19.9 Å². The normalized spacial score (nSPS) is 10.1. The molecule has 0 radical (unpaired) electrons. The highest BCUT2D eigenvalue weighted by molar-refractivity contribution is 6.31. The maximum absolute atomic E-state index is 11.6. The summed E-state index contributed by atoms with van der Waals surface area (Å²) < 4.78 is 1.71. The van der Waals surface area contributed by atoms with Gasteiger partial charge in [0, 0.05) is 12.7 Å². The molecule has 0 saturated heterocycles. The second kappa shape index (κ2) is 5.55. The Kier molecular flexibility index (Phi) is 4.37. The lowest BCUT2D eigenvalue weighted by Gasteiger charge is -2.06. The molecule has 0 saturated carbocycles. The van der Waals surface area contributed by atoms with Gasteiger partial charge in [-0.15, -0.1) is 0 Å². The van der Waals surface area contributed by atoms with E-state index >= 15 is 0 Å². The van der Waals surface area contributed by atoms with Gasteiger partial charge in [0.05, 0.1) is 5.02 Å². The van der Waals surface area contributed by atoms with Crippen molar-refractivity contribution in [2.24, 2.45) is 0 Å². The molecule has 1 aromatic heterocycles. The Morgan fingerprint density at radius 1 is 1.56 bits per heavy atom. The first-order valence-electron chi connectivity index (χ1n) is 4.90. The van der Waals surface area contributed by atoms with Crippen LogP contribution < -0.4 is 5.32 Å². The molecule has 0 spiro atoms.